The summed E-state index contributed by atoms with van der Waals surface area (Å²) in [5.41, 5.74) is 4.59. The standard InChI is InChI=1S/C23H23BrN4O2/c1-15-22(21(29)14-27-9-7-19(30-2)8-10-27)23-20(11-17(24)13-26-23)28(15)18-5-3-16(12-25)4-6-18/h3-6,11,13,19H,7-10,14H2,1-2H3. The van der Waals surface area contributed by atoms with Gasteiger partial charge in [0.1, 0.15) is 0 Å². The number of nitriles is 1. The summed E-state index contributed by atoms with van der Waals surface area (Å²) in [6, 6.07) is 11.5. The van der Waals surface area contributed by atoms with Crippen molar-refractivity contribution in [2.24, 2.45) is 0 Å². The number of benzene rings is 1. The van der Waals surface area contributed by atoms with Crippen LogP contribution in [-0.4, -0.2) is 53.1 Å². The average molecular weight is 467 g/mol. The van der Waals surface area contributed by atoms with Gasteiger partial charge in [-0.3, -0.25) is 14.7 Å². The topological polar surface area (TPSA) is 71.2 Å². The summed E-state index contributed by atoms with van der Waals surface area (Å²) in [6.45, 7) is 4.05. The first kappa shape index (κ1) is 20.7. The molecule has 1 aliphatic rings. The maximum atomic E-state index is 13.3. The molecule has 7 heteroatoms. The van der Waals surface area contributed by atoms with Crippen LogP contribution in [0.15, 0.2) is 41.0 Å². The Morgan fingerprint density at radius 3 is 2.63 bits per heavy atom. The molecule has 1 fully saturated rings. The summed E-state index contributed by atoms with van der Waals surface area (Å²) in [4.78, 5) is 20.1. The number of ether oxygens (including phenoxy) is 1. The number of rotatable bonds is 5. The van der Waals surface area contributed by atoms with E-state index in [-0.39, 0.29) is 11.9 Å². The van der Waals surface area contributed by atoms with E-state index in [1.165, 1.54) is 0 Å². The number of halogens is 1. The molecule has 0 radical (unpaired) electrons. The second-order valence-electron chi connectivity index (χ2n) is 7.61. The van der Waals surface area contributed by atoms with Gasteiger partial charge in [-0.05, 0) is 66.0 Å². The Bertz CT molecular complexity index is 1120. The fourth-order valence-electron chi connectivity index (χ4n) is 4.19. The Kier molecular flexibility index (Phi) is 6.00. The van der Waals surface area contributed by atoms with Gasteiger partial charge in [-0.1, -0.05) is 0 Å². The highest BCUT2D eigenvalue weighted by Gasteiger charge is 2.26. The minimum Gasteiger partial charge on any atom is -0.381 e. The van der Waals surface area contributed by atoms with Gasteiger partial charge < -0.3 is 9.30 Å². The van der Waals surface area contributed by atoms with Gasteiger partial charge in [-0.25, -0.2) is 0 Å². The van der Waals surface area contributed by atoms with Crippen molar-refractivity contribution < 1.29 is 9.53 Å². The molecule has 0 aliphatic carbocycles. The summed E-state index contributed by atoms with van der Waals surface area (Å²) >= 11 is 3.50. The summed E-state index contributed by atoms with van der Waals surface area (Å²) in [7, 11) is 1.75. The van der Waals surface area contributed by atoms with Crippen molar-refractivity contribution in [2.45, 2.75) is 25.9 Å². The molecule has 3 aromatic rings. The van der Waals surface area contributed by atoms with E-state index in [1.54, 1.807) is 25.4 Å². The first-order chi connectivity index (χ1) is 14.5. The summed E-state index contributed by atoms with van der Waals surface area (Å²) < 4.78 is 8.33. The van der Waals surface area contributed by atoms with Crippen LogP contribution < -0.4 is 0 Å². The van der Waals surface area contributed by atoms with Crippen molar-refractivity contribution in [3.8, 4) is 11.8 Å². The van der Waals surface area contributed by atoms with E-state index in [1.807, 2.05) is 29.7 Å². The van der Waals surface area contributed by atoms with E-state index < -0.39 is 0 Å². The van der Waals surface area contributed by atoms with E-state index in [0.717, 1.165) is 47.3 Å². The largest absolute Gasteiger partial charge is 0.381 e. The number of ketones is 1. The molecule has 0 saturated carbocycles. The molecule has 1 saturated heterocycles. The van der Waals surface area contributed by atoms with Gasteiger partial charge in [-0.2, -0.15) is 5.26 Å². The van der Waals surface area contributed by atoms with E-state index >= 15 is 0 Å². The van der Waals surface area contributed by atoms with E-state index in [9.17, 15) is 4.79 Å². The molecule has 1 aromatic carbocycles. The number of Topliss-reactive ketones (excluding diaryl/α,β-unsaturated/α-hetero) is 1. The fraction of sp³-hybridized carbons (Fsp3) is 0.348. The van der Waals surface area contributed by atoms with Gasteiger partial charge in [0, 0.05) is 42.3 Å². The molecule has 0 amide bonds. The maximum Gasteiger partial charge on any atom is 0.180 e. The molecule has 3 heterocycles. The molecule has 6 nitrogen and oxygen atoms in total. The Balaban J connectivity index is 1.72. The first-order valence-electron chi connectivity index (χ1n) is 9.97. The van der Waals surface area contributed by atoms with Crippen LogP contribution in [0.3, 0.4) is 0 Å². The van der Waals surface area contributed by atoms with Gasteiger partial charge >= 0.3 is 0 Å². The monoisotopic (exact) mass is 466 g/mol. The Morgan fingerprint density at radius 2 is 2.00 bits per heavy atom. The highest BCUT2D eigenvalue weighted by atomic mass is 79.9. The van der Waals surface area contributed by atoms with E-state index in [2.05, 4.69) is 31.9 Å². The minimum absolute atomic E-state index is 0.0792. The number of piperidine rings is 1. The molecule has 30 heavy (non-hydrogen) atoms. The van der Waals surface area contributed by atoms with Crippen molar-refractivity contribution in [1.29, 1.82) is 5.26 Å². The highest BCUT2D eigenvalue weighted by molar-refractivity contribution is 9.10. The molecule has 0 bridgehead atoms. The predicted octanol–water partition coefficient (Wildman–Crippen LogP) is 4.26. The third-order valence-electron chi connectivity index (χ3n) is 5.78. The molecule has 1 aliphatic heterocycles. The maximum absolute atomic E-state index is 13.3. The molecule has 0 unspecified atom stereocenters. The van der Waals surface area contributed by atoms with Crippen LogP contribution in [0.2, 0.25) is 0 Å². The number of carbonyl (C=O) groups is 1. The zero-order valence-electron chi connectivity index (χ0n) is 17.1. The number of likely N-dealkylation sites (tertiary alicyclic amines) is 1. The zero-order valence-corrected chi connectivity index (χ0v) is 18.6. The minimum atomic E-state index is 0.0792. The second-order valence-corrected chi connectivity index (χ2v) is 8.53. The van der Waals surface area contributed by atoms with Gasteiger partial charge in [-0.15, -0.1) is 0 Å². The summed E-state index contributed by atoms with van der Waals surface area (Å²) in [5, 5.41) is 9.10. The molecular formula is C23H23BrN4O2. The smallest absolute Gasteiger partial charge is 0.180 e. The van der Waals surface area contributed by atoms with Crippen LogP contribution in [0.1, 0.15) is 34.5 Å². The molecule has 154 valence electrons. The van der Waals surface area contributed by atoms with Crippen LogP contribution in [0.25, 0.3) is 16.7 Å². The number of hydrogen-bond donors (Lipinski definition) is 0. The van der Waals surface area contributed by atoms with Gasteiger partial charge in [0.2, 0.25) is 0 Å². The van der Waals surface area contributed by atoms with Crippen molar-refractivity contribution in [1.82, 2.24) is 14.5 Å². The lowest BCUT2D eigenvalue weighted by Gasteiger charge is -2.30. The highest BCUT2D eigenvalue weighted by Crippen LogP contribution is 2.30. The SMILES string of the molecule is COC1CCN(CC(=O)c2c(C)n(-c3ccc(C#N)cc3)c3cc(Br)cnc23)CC1. The molecule has 2 aromatic heterocycles. The Hall–Kier alpha value is -2.53. The van der Waals surface area contributed by atoms with Gasteiger partial charge in [0.15, 0.2) is 5.78 Å². The number of carbonyl (C=O) groups excluding carboxylic acids is 1. The zero-order chi connectivity index (χ0) is 21.3. The third-order valence-corrected chi connectivity index (χ3v) is 6.21. The average Bonchev–Trinajstić information content (AvgIpc) is 3.05. The molecule has 0 N–H and O–H groups in total. The number of pyridine rings is 1. The molecule has 0 spiro atoms. The fourth-order valence-corrected chi connectivity index (χ4v) is 4.51. The van der Waals surface area contributed by atoms with E-state index in [0.29, 0.717) is 23.2 Å². The van der Waals surface area contributed by atoms with Crippen molar-refractivity contribution in [3.05, 3.63) is 57.8 Å². The normalized spacial score (nSPS) is 15.4. The number of fused-ring (bicyclic) bond motifs is 1. The van der Waals surface area contributed by atoms with Gasteiger partial charge in [0.05, 0.1) is 40.9 Å². The number of aromatic nitrogens is 2. The summed E-state index contributed by atoms with van der Waals surface area (Å²) in [5.74, 6) is 0.0792. The number of hydrogen-bond acceptors (Lipinski definition) is 5. The quantitative estimate of drug-likeness (QED) is 0.525. The Morgan fingerprint density at radius 1 is 1.30 bits per heavy atom. The number of methoxy groups -OCH3 is 1. The lowest BCUT2D eigenvalue weighted by molar-refractivity contribution is 0.0402. The van der Waals surface area contributed by atoms with Crippen LogP contribution in [-0.2, 0) is 4.74 Å². The Labute approximate surface area is 184 Å². The lowest BCUT2D eigenvalue weighted by atomic mass is 10.1. The van der Waals surface area contributed by atoms with Crippen molar-refractivity contribution >= 4 is 32.7 Å². The molecular weight excluding hydrogens is 444 g/mol. The van der Waals surface area contributed by atoms with Crippen molar-refractivity contribution in [2.75, 3.05) is 26.7 Å². The van der Waals surface area contributed by atoms with Crippen LogP contribution in [0.5, 0.6) is 0 Å². The third kappa shape index (κ3) is 3.91. The van der Waals surface area contributed by atoms with Crippen LogP contribution in [0, 0.1) is 18.3 Å². The summed E-state index contributed by atoms with van der Waals surface area (Å²) in [6.07, 6.45) is 3.91. The van der Waals surface area contributed by atoms with Crippen LogP contribution in [0.4, 0.5) is 0 Å². The van der Waals surface area contributed by atoms with Crippen molar-refractivity contribution in [3.63, 3.8) is 0 Å². The second kappa shape index (κ2) is 8.68. The molecule has 0 atom stereocenters. The molecule has 4 rings (SSSR count). The number of nitrogens with zero attached hydrogens (tertiary/aromatic N) is 4. The van der Waals surface area contributed by atoms with Gasteiger partial charge in [0.25, 0.3) is 0 Å². The van der Waals surface area contributed by atoms with Crippen LogP contribution >= 0.6 is 15.9 Å². The predicted molar refractivity (Wildman–Crippen MR) is 119 cm³/mol. The first-order valence-corrected chi connectivity index (χ1v) is 10.8. The van der Waals surface area contributed by atoms with E-state index in [4.69, 9.17) is 10.00 Å². The lowest BCUT2D eigenvalue weighted by Crippen LogP contribution is -2.39.